The summed E-state index contributed by atoms with van der Waals surface area (Å²) in [4.78, 5) is 2.55. The number of benzene rings is 1. The van der Waals surface area contributed by atoms with Gasteiger partial charge in [-0.3, -0.25) is 0 Å². The Bertz CT molecular complexity index is 297. The van der Waals surface area contributed by atoms with Gasteiger partial charge in [-0.25, -0.2) is 0 Å². The van der Waals surface area contributed by atoms with E-state index < -0.39 is 0 Å². The quantitative estimate of drug-likeness (QED) is 0.647. The van der Waals surface area contributed by atoms with Crippen molar-refractivity contribution in [3.63, 3.8) is 0 Å². The topological polar surface area (TPSA) is 3.24 Å². The monoisotopic (exact) mass is 231 g/mol. The van der Waals surface area contributed by atoms with E-state index in [1.165, 1.54) is 38.0 Å². The van der Waals surface area contributed by atoms with E-state index >= 15 is 0 Å². The molecule has 0 saturated heterocycles. The van der Waals surface area contributed by atoms with Crippen LogP contribution in [0, 0.1) is 0 Å². The molecule has 1 nitrogen and oxygen atoms in total. The summed E-state index contributed by atoms with van der Waals surface area (Å²) in [5.41, 5.74) is 1.30. The molecule has 1 heteroatoms. The van der Waals surface area contributed by atoms with E-state index in [0.717, 1.165) is 6.42 Å². The third kappa shape index (κ3) is 6.28. The fourth-order valence-corrected chi connectivity index (χ4v) is 2.01. The van der Waals surface area contributed by atoms with Gasteiger partial charge in [-0.2, -0.15) is 0 Å². The van der Waals surface area contributed by atoms with E-state index in [1.54, 1.807) is 0 Å². The molecule has 0 atom stereocenters. The predicted molar refractivity (Wildman–Crippen MR) is 77.1 cm³/mol. The summed E-state index contributed by atoms with van der Waals surface area (Å²) in [6.45, 7) is 8.15. The molecule has 0 heterocycles. The first-order valence-corrected chi connectivity index (χ1v) is 6.80. The normalized spacial score (nSPS) is 11.5. The van der Waals surface area contributed by atoms with Gasteiger partial charge < -0.3 is 4.90 Å². The van der Waals surface area contributed by atoms with Crippen LogP contribution in [0.15, 0.2) is 36.4 Å². The van der Waals surface area contributed by atoms with Gasteiger partial charge in [0.25, 0.3) is 0 Å². The SMILES string of the molecule is CCCN(CCC)CC/C=C/c1ccccc1. The second kappa shape index (κ2) is 9.00. The summed E-state index contributed by atoms with van der Waals surface area (Å²) in [5.74, 6) is 0. The van der Waals surface area contributed by atoms with E-state index in [4.69, 9.17) is 0 Å². The van der Waals surface area contributed by atoms with Gasteiger partial charge >= 0.3 is 0 Å². The molecule has 0 radical (unpaired) electrons. The van der Waals surface area contributed by atoms with Crippen LogP contribution in [0.2, 0.25) is 0 Å². The van der Waals surface area contributed by atoms with Crippen molar-refractivity contribution in [2.24, 2.45) is 0 Å². The largest absolute Gasteiger partial charge is 0.303 e. The standard InChI is InChI=1S/C16H25N/c1-3-13-17(14-4-2)15-9-8-12-16-10-6-5-7-11-16/h5-8,10-12H,3-4,9,13-15H2,1-2H3/b12-8+. The van der Waals surface area contributed by atoms with Crippen LogP contribution >= 0.6 is 0 Å². The first kappa shape index (κ1) is 14.0. The zero-order chi connectivity index (χ0) is 12.3. The van der Waals surface area contributed by atoms with Crippen molar-refractivity contribution >= 4 is 6.08 Å². The Balaban J connectivity index is 2.28. The third-order valence-corrected chi connectivity index (χ3v) is 2.80. The van der Waals surface area contributed by atoms with Gasteiger partial charge in [0.2, 0.25) is 0 Å². The maximum absolute atomic E-state index is 2.55. The van der Waals surface area contributed by atoms with Gasteiger partial charge in [-0.1, -0.05) is 56.3 Å². The highest BCUT2D eigenvalue weighted by molar-refractivity contribution is 5.48. The van der Waals surface area contributed by atoms with E-state index in [9.17, 15) is 0 Å². The molecule has 0 bridgehead atoms. The lowest BCUT2D eigenvalue weighted by Crippen LogP contribution is -2.26. The number of rotatable bonds is 8. The Kier molecular flexibility index (Phi) is 7.40. The molecule has 1 aromatic rings. The van der Waals surface area contributed by atoms with Crippen molar-refractivity contribution in [3.05, 3.63) is 42.0 Å². The minimum Gasteiger partial charge on any atom is -0.303 e. The molecule has 0 aliphatic carbocycles. The lowest BCUT2D eigenvalue weighted by atomic mass is 10.2. The van der Waals surface area contributed by atoms with Gasteiger partial charge in [-0.15, -0.1) is 0 Å². The minimum atomic E-state index is 1.15. The number of hydrogen-bond acceptors (Lipinski definition) is 1. The molecular formula is C16H25N. The first-order valence-electron chi connectivity index (χ1n) is 6.80. The Morgan fingerprint density at radius 2 is 1.59 bits per heavy atom. The van der Waals surface area contributed by atoms with Crippen LogP contribution in [0.1, 0.15) is 38.7 Å². The predicted octanol–water partition coefficient (Wildman–Crippen LogP) is 4.21. The third-order valence-electron chi connectivity index (χ3n) is 2.80. The van der Waals surface area contributed by atoms with Gasteiger partial charge in [0.15, 0.2) is 0 Å². The van der Waals surface area contributed by atoms with E-state index in [2.05, 4.69) is 61.2 Å². The van der Waals surface area contributed by atoms with Gasteiger partial charge in [0.05, 0.1) is 0 Å². The summed E-state index contributed by atoms with van der Waals surface area (Å²) in [6, 6.07) is 10.5. The second-order valence-electron chi connectivity index (χ2n) is 4.44. The minimum absolute atomic E-state index is 1.15. The summed E-state index contributed by atoms with van der Waals surface area (Å²) >= 11 is 0. The Hall–Kier alpha value is -1.08. The van der Waals surface area contributed by atoms with Crippen LogP contribution < -0.4 is 0 Å². The van der Waals surface area contributed by atoms with Gasteiger partial charge in [-0.05, 0) is 37.9 Å². The molecule has 0 aliphatic heterocycles. The fourth-order valence-electron chi connectivity index (χ4n) is 2.01. The molecule has 0 saturated carbocycles. The molecule has 0 N–H and O–H groups in total. The average molecular weight is 231 g/mol. The zero-order valence-corrected chi connectivity index (χ0v) is 11.2. The summed E-state index contributed by atoms with van der Waals surface area (Å²) in [6.07, 6.45) is 8.16. The smallest absolute Gasteiger partial charge is 0.00160 e. The fraction of sp³-hybridized carbons (Fsp3) is 0.500. The van der Waals surface area contributed by atoms with Crippen molar-refractivity contribution in [1.82, 2.24) is 4.90 Å². The maximum atomic E-state index is 2.55. The molecule has 94 valence electrons. The first-order chi connectivity index (χ1) is 8.36. The summed E-state index contributed by atoms with van der Waals surface area (Å²) in [5, 5.41) is 0. The van der Waals surface area contributed by atoms with E-state index in [-0.39, 0.29) is 0 Å². The molecule has 0 aliphatic rings. The highest BCUT2D eigenvalue weighted by Gasteiger charge is 1.99. The lowest BCUT2D eigenvalue weighted by Gasteiger charge is -2.19. The molecule has 0 spiro atoms. The molecule has 0 fully saturated rings. The van der Waals surface area contributed by atoms with Crippen LogP contribution in [0.4, 0.5) is 0 Å². The lowest BCUT2D eigenvalue weighted by molar-refractivity contribution is 0.280. The van der Waals surface area contributed by atoms with Crippen LogP contribution in [-0.2, 0) is 0 Å². The van der Waals surface area contributed by atoms with Gasteiger partial charge in [0.1, 0.15) is 0 Å². The van der Waals surface area contributed by atoms with Crippen LogP contribution in [0.3, 0.4) is 0 Å². The van der Waals surface area contributed by atoms with Gasteiger partial charge in [0, 0.05) is 6.54 Å². The summed E-state index contributed by atoms with van der Waals surface area (Å²) < 4.78 is 0. The van der Waals surface area contributed by atoms with Crippen LogP contribution in [0.25, 0.3) is 6.08 Å². The number of hydrogen-bond donors (Lipinski definition) is 0. The Labute approximate surface area is 106 Å². The summed E-state index contributed by atoms with van der Waals surface area (Å²) in [7, 11) is 0. The average Bonchev–Trinajstić information content (AvgIpc) is 2.36. The van der Waals surface area contributed by atoms with Crippen molar-refractivity contribution in [1.29, 1.82) is 0 Å². The molecule has 0 unspecified atom stereocenters. The molecule has 1 aromatic carbocycles. The molecule has 1 rings (SSSR count). The molecule has 0 amide bonds. The Morgan fingerprint density at radius 3 is 2.18 bits per heavy atom. The van der Waals surface area contributed by atoms with Crippen LogP contribution in [0.5, 0.6) is 0 Å². The van der Waals surface area contributed by atoms with Crippen molar-refractivity contribution in [3.8, 4) is 0 Å². The highest BCUT2D eigenvalue weighted by atomic mass is 15.1. The molecule has 17 heavy (non-hydrogen) atoms. The number of nitrogens with zero attached hydrogens (tertiary/aromatic N) is 1. The zero-order valence-electron chi connectivity index (χ0n) is 11.2. The molecule has 0 aromatic heterocycles. The van der Waals surface area contributed by atoms with Crippen molar-refractivity contribution < 1.29 is 0 Å². The molecular weight excluding hydrogens is 206 g/mol. The van der Waals surface area contributed by atoms with Crippen molar-refractivity contribution in [2.75, 3.05) is 19.6 Å². The van der Waals surface area contributed by atoms with E-state index in [1.807, 2.05) is 0 Å². The maximum Gasteiger partial charge on any atom is 0.00160 e. The second-order valence-corrected chi connectivity index (χ2v) is 4.44. The highest BCUT2D eigenvalue weighted by Crippen LogP contribution is 2.03. The van der Waals surface area contributed by atoms with Crippen molar-refractivity contribution in [2.45, 2.75) is 33.1 Å². The Morgan fingerprint density at radius 1 is 0.941 bits per heavy atom. The van der Waals surface area contributed by atoms with E-state index in [0.29, 0.717) is 0 Å². The van der Waals surface area contributed by atoms with Crippen LogP contribution in [-0.4, -0.2) is 24.5 Å².